The smallest absolute Gasteiger partial charge is 0.262 e. The number of ether oxygens (including phenoxy) is 1. The Balaban J connectivity index is 1.69. The molecule has 1 aliphatic rings. The van der Waals surface area contributed by atoms with Gasteiger partial charge in [-0.3, -0.25) is 9.59 Å². The Labute approximate surface area is 136 Å². The lowest BCUT2D eigenvalue weighted by Crippen LogP contribution is -2.26. The van der Waals surface area contributed by atoms with Gasteiger partial charge >= 0.3 is 0 Å². The van der Waals surface area contributed by atoms with Gasteiger partial charge in [-0.15, -0.1) is 0 Å². The molecule has 7 heteroatoms. The Morgan fingerprint density at radius 3 is 2.83 bits per heavy atom. The number of nitrogens with one attached hydrogen (secondary N) is 2. The number of hydrogen-bond acceptors (Lipinski definition) is 3. The second-order valence-electron chi connectivity index (χ2n) is 5.34. The highest BCUT2D eigenvalue weighted by molar-refractivity contribution is 6.00. The first-order valence-corrected chi connectivity index (χ1v) is 7.32. The molecular weight excluding hydrogens is 318 g/mol. The zero-order valence-corrected chi connectivity index (χ0v) is 12.6. The van der Waals surface area contributed by atoms with Gasteiger partial charge in [0, 0.05) is 18.6 Å². The van der Waals surface area contributed by atoms with Gasteiger partial charge in [0.15, 0.2) is 12.4 Å². The quantitative estimate of drug-likeness (QED) is 0.905. The molecule has 0 fully saturated rings. The van der Waals surface area contributed by atoms with E-state index in [-0.39, 0.29) is 41.9 Å². The van der Waals surface area contributed by atoms with E-state index in [9.17, 15) is 18.4 Å². The maximum absolute atomic E-state index is 13.6. The van der Waals surface area contributed by atoms with Gasteiger partial charge in [0.2, 0.25) is 5.91 Å². The standard InChI is InChI=1S/C17H14F2N2O3/c18-11-3-1-2-10(6-11)4-5-15(22)20-13-7-12(19)8-14-17(13)24-9-16(23)21-14/h1-3,6-8H,4-5,9H2,(H,20,22)(H,21,23). The summed E-state index contributed by atoms with van der Waals surface area (Å²) in [5.41, 5.74) is 1.01. The molecule has 3 rings (SSSR count). The first-order chi connectivity index (χ1) is 11.5. The third kappa shape index (κ3) is 3.68. The van der Waals surface area contributed by atoms with Crippen LogP contribution in [0.25, 0.3) is 0 Å². The Morgan fingerprint density at radius 1 is 1.21 bits per heavy atom. The van der Waals surface area contributed by atoms with Crippen LogP contribution in [0.4, 0.5) is 20.2 Å². The van der Waals surface area contributed by atoms with Crippen LogP contribution < -0.4 is 15.4 Å². The molecule has 1 aliphatic heterocycles. The van der Waals surface area contributed by atoms with Crippen molar-refractivity contribution in [2.24, 2.45) is 0 Å². The molecule has 0 bridgehead atoms. The minimum Gasteiger partial charge on any atom is -0.479 e. The first-order valence-electron chi connectivity index (χ1n) is 7.32. The molecule has 0 radical (unpaired) electrons. The van der Waals surface area contributed by atoms with E-state index in [1.807, 2.05) is 0 Å². The summed E-state index contributed by atoms with van der Waals surface area (Å²) in [6.07, 6.45) is 0.444. The average Bonchev–Trinajstić information content (AvgIpc) is 2.52. The second kappa shape index (κ2) is 6.66. The van der Waals surface area contributed by atoms with Crippen molar-refractivity contribution in [3.05, 3.63) is 53.6 Å². The van der Waals surface area contributed by atoms with Crippen molar-refractivity contribution >= 4 is 23.2 Å². The van der Waals surface area contributed by atoms with Crippen molar-refractivity contribution in [2.45, 2.75) is 12.8 Å². The number of carbonyl (C=O) groups is 2. The number of carbonyl (C=O) groups excluding carboxylic acids is 2. The fourth-order valence-corrected chi connectivity index (χ4v) is 2.42. The number of aryl methyl sites for hydroxylation is 1. The number of amides is 2. The fourth-order valence-electron chi connectivity index (χ4n) is 2.42. The maximum atomic E-state index is 13.6. The van der Waals surface area contributed by atoms with E-state index in [0.717, 1.165) is 12.1 Å². The van der Waals surface area contributed by atoms with Gasteiger partial charge < -0.3 is 15.4 Å². The molecule has 5 nitrogen and oxygen atoms in total. The van der Waals surface area contributed by atoms with E-state index in [4.69, 9.17) is 4.74 Å². The van der Waals surface area contributed by atoms with Crippen LogP contribution in [0.5, 0.6) is 5.75 Å². The molecule has 0 atom stereocenters. The van der Waals surface area contributed by atoms with Gasteiger partial charge in [0.25, 0.3) is 5.91 Å². The van der Waals surface area contributed by atoms with Crippen molar-refractivity contribution in [1.82, 2.24) is 0 Å². The molecule has 124 valence electrons. The highest BCUT2D eigenvalue weighted by Gasteiger charge is 2.21. The molecule has 0 unspecified atom stereocenters. The Bertz CT molecular complexity index is 808. The van der Waals surface area contributed by atoms with Gasteiger partial charge in [0.1, 0.15) is 11.6 Å². The summed E-state index contributed by atoms with van der Waals surface area (Å²) in [4.78, 5) is 23.3. The van der Waals surface area contributed by atoms with E-state index >= 15 is 0 Å². The summed E-state index contributed by atoms with van der Waals surface area (Å²) in [6.45, 7) is -0.204. The van der Waals surface area contributed by atoms with E-state index in [1.54, 1.807) is 12.1 Å². The van der Waals surface area contributed by atoms with Crippen LogP contribution in [-0.2, 0) is 16.0 Å². The summed E-state index contributed by atoms with van der Waals surface area (Å²) in [7, 11) is 0. The Hall–Kier alpha value is -2.96. The Kier molecular flexibility index (Phi) is 4.41. The zero-order chi connectivity index (χ0) is 17.1. The average molecular weight is 332 g/mol. The van der Waals surface area contributed by atoms with Crippen LogP contribution in [0.15, 0.2) is 36.4 Å². The van der Waals surface area contributed by atoms with Gasteiger partial charge in [0.05, 0.1) is 11.4 Å². The number of anilines is 2. The van der Waals surface area contributed by atoms with Gasteiger partial charge in [-0.2, -0.15) is 0 Å². The molecule has 2 N–H and O–H groups in total. The fraction of sp³-hybridized carbons (Fsp3) is 0.176. The molecule has 0 saturated heterocycles. The van der Waals surface area contributed by atoms with Gasteiger partial charge in [-0.05, 0) is 24.1 Å². The largest absolute Gasteiger partial charge is 0.479 e. The van der Waals surface area contributed by atoms with Crippen molar-refractivity contribution in [1.29, 1.82) is 0 Å². The third-order valence-corrected chi connectivity index (χ3v) is 3.48. The monoisotopic (exact) mass is 332 g/mol. The second-order valence-corrected chi connectivity index (χ2v) is 5.34. The lowest BCUT2D eigenvalue weighted by atomic mass is 10.1. The minimum atomic E-state index is -0.611. The van der Waals surface area contributed by atoms with Crippen molar-refractivity contribution in [2.75, 3.05) is 17.2 Å². The zero-order valence-electron chi connectivity index (χ0n) is 12.6. The van der Waals surface area contributed by atoms with Crippen LogP contribution in [0, 0.1) is 11.6 Å². The highest BCUT2D eigenvalue weighted by atomic mass is 19.1. The van der Waals surface area contributed by atoms with E-state index in [2.05, 4.69) is 10.6 Å². The van der Waals surface area contributed by atoms with Gasteiger partial charge in [-0.1, -0.05) is 12.1 Å². The SMILES string of the molecule is O=C(CCc1cccc(F)c1)Nc1cc(F)cc2c1OCC(=O)N2. The highest BCUT2D eigenvalue weighted by Crippen LogP contribution is 2.36. The normalized spacial score (nSPS) is 12.8. The van der Waals surface area contributed by atoms with Crippen LogP contribution in [-0.4, -0.2) is 18.4 Å². The predicted molar refractivity (Wildman–Crippen MR) is 83.9 cm³/mol. The van der Waals surface area contributed by atoms with Crippen LogP contribution in [0.3, 0.4) is 0 Å². The summed E-state index contributed by atoms with van der Waals surface area (Å²) in [5, 5.41) is 5.04. The molecule has 0 spiro atoms. The molecule has 0 aromatic heterocycles. The predicted octanol–water partition coefficient (Wildman–Crippen LogP) is 2.87. The molecule has 0 aliphatic carbocycles. The van der Waals surface area contributed by atoms with E-state index in [1.165, 1.54) is 12.1 Å². The van der Waals surface area contributed by atoms with Crippen molar-refractivity contribution in [3.63, 3.8) is 0 Å². The lowest BCUT2D eigenvalue weighted by Gasteiger charge is -2.21. The van der Waals surface area contributed by atoms with Crippen molar-refractivity contribution in [3.8, 4) is 5.75 Å². The molecule has 0 saturated carbocycles. The molecule has 2 aromatic rings. The minimum absolute atomic E-state index is 0.0983. The van der Waals surface area contributed by atoms with Crippen LogP contribution in [0.2, 0.25) is 0 Å². The number of benzene rings is 2. The maximum Gasteiger partial charge on any atom is 0.262 e. The van der Waals surface area contributed by atoms with Crippen LogP contribution >= 0.6 is 0 Å². The molecule has 2 amide bonds. The number of hydrogen-bond donors (Lipinski definition) is 2. The lowest BCUT2D eigenvalue weighted by molar-refractivity contribution is -0.118. The van der Waals surface area contributed by atoms with E-state index in [0.29, 0.717) is 12.0 Å². The summed E-state index contributed by atoms with van der Waals surface area (Å²) in [5.74, 6) is -1.52. The number of halogens is 2. The summed E-state index contributed by atoms with van der Waals surface area (Å²) in [6, 6.07) is 8.22. The summed E-state index contributed by atoms with van der Waals surface area (Å²) < 4.78 is 32.0. The Morgan fingerprint density at radius 2 is 2.04 bits per heavy atom. The van der Waals surface area contributed by atoms with E-state index < -0.39 is 11.7 Å². The molecule has 24 heavy (non-hydrogen) atoms. The van der Waals surface area contributed by atoms with Crippen molar-refractivity contribution < 1.29 is 23.1 Å². The number of fused-ring (bicyclic) bond motifs is 1. The molecule has 1 heterocycles. The summed E-state index contributed by atoms with van der Waals surface area (Å²) >= 11 is 0. The van der Waals surface area contributed by atoms with Crippen LogP contribution in [0.1, 0.15) is 12.0 Å². The third-order valence-electron chi connectivity index (χ3n) is 3.48. The molecule has 2 aromatic carbocycles. The number of rotatable bonds is 4. The van der Waals surface area contributed by atoms with Gasteiger partial charge in [-0.25, -0.2) is 8.78 Å². The first kappa shape index (κ1) is 15.9. The molecular formula is C17H14F2N2O3. The topological polar surface area (TPSA) is 67.4 Å².